The zero-order valence-corrected chi connectivity index (χ0v) is 11.7. The van der Waals surface area contributed by atoms with Crippen LogP contribution in [0.3, 0.4) is 0 Å². The highest BCUT2D eigenvalue weighted by Crippen LogP contribution is 2.24. The lowest BCUT2D eigenvalue weighted by Crippen LogP contribution is -2.33. The molecule has 0 unspecified atom stereocenters. The second-order valence-electron chi connectivity index (χ2n) is 5.22. The lowest BCUT2D eigenvalue weighted by molar-refractivity contribution is 0.0696. The Kier molecular flexibility index (Phi) is 3.37. The molecule has 0 saturated heterocycles. The molecule has 5 nitrogen and oxygen atoms in total. The number of aromatic nitrogens is 2. The lowest BCUT2D eigenvalue weighted by Gasteiger charge is -2.30. The Balaban J connectivity index is 1.91. The van der Waals surface area contributed by atoms with Crippen LogP contribution in [0.1, 0.15) is 27.2 Å². The number of nitrogens with zero attached hydrogens (tertiary/aromatic N) is 3. The molecule has 1 aliphatic heterocycles. The van der Waals surface area contributed by atoms with Crippen molar-refractivity contribution in [2.75, 3.05) is 11.4 Å². The molecule has 2 aromatic heterocycles. The van der Waals surface area contributed by atoms with Crippen LogP contribution < -0.4 is 10.4 Å². The predicted molar refractivity (Wildman–Crippen MR) is 80.3 cm³/mol. The van der Waals surface area contributed by atoms with Gasteiger partial charge in [-0.15, -0.1) is 0 Å². The Labute approximate surface area is 124 Å². The van der Waals surface area contributed by atoms with Crippen LogP contribution in [-0.4, -0.2) is 35.4 Å². The first kappa shape index (κ1) is 13.6. The molecule has 0 atom stereocenters. The first-order valence-electron chi connectivity index (χ1n) is 6.73. The summed E-state index contributed by atoms with van der Waals surface area (Å²) in [6.07, 6.45) is 3.91. The fourth-order valence-corrected chi connectivity index (χ4v) is 2.64. The third-order valence-electron chi connectivity index (χ3n) is 3.66. The summed E-state index contributed by atoms with van der Waals surface area (Å²) in [5.74, 6) is -0.147. The monoisotopic (exact) mass is 279 g/mol. The Bertz CT molecular complexity index is 718. The van der Waals surface area contributed by atoms with Gasteiger partial charge in [-0.2, -0.15) is 0 Å². The van der Waals surface area contributed by atoms with Gasteiger partial charge in [0.1, 0.15) is 13.7 Å². The second kappa shape index (κ2) is 5.20. The minimum Gasteiger partial charge on any atom is -0.478 e. The molecular formula is C15H14BN3O2. The van der Waals surface area contributed by atoms with E-state index in [-0.39, 0.29) is 5.56 Å². The van der Waals surface area contributed by atoms with Gasteiger partial charge in [0.15, 0.2) is 0 Å². The second-order valence-corrected chi connectivity index (χ2v) is 5.22. The summed E-state index contributed by atoms with van der Waals surface area (Å²) in [6, 6.07) is 3.59. The topological polar surface area (TPSA) is 66.3 Å². The van der Waals surface area contributed by atoms with E-state index in [0.29, 0.717) is 12.0 Å². The van der Waals surface area contributed by atoms with Gasteiger partial charge in [0.2, 0.25) is 0 Å². The van der Waals surface area contributed by atoms with E-state index < -0.39 is 5.97 Å². The summed E-state index contributed by atoms with van der Waals surface area (Å²) < 4.78 is 0. The first-order chi connectivity index (χ1) is 10.0. The quantitative estimate of drug-likeness (QED) is 0.825. The molecule has 0 amide bonds. The first-order valence-corrected chi connectivity index (χ1v) is 6.73. The number of aromatic carboxylic acids is 1. The third-order valence-corrected chi connectivity index (χ3v) is 3.66. The maximum Gasteiger partial charge on any atom is 0.337 e. The van der Waals surface area contributed by atoms with Crippen LogP contribution in [-0.2, 0) is 13.0 Å². The van der Waals surface area contributed by atoms with Gasteiger partial charge >= 0.3 is 5.97 Å². The van der Waals surface area contributed by atoms with E-state index in [9.17, 15) is 4.79 Å². The van der Waals surface area contributed by atoms with Crippen molar-refractivity contribution >= 4 is 25.1 Å². The van der Waals surface area contributed by atoms with Crippen LogP contribution in [0.2, 0.25) is 0 Å². The van der Waals surface area contributed by atoms with Crippen molar-refractivity contribution in [1.82, 2.24) is 9.97 Å². The summed E-state index contributed by atoms with van der Waals surface area (Å²) in [4.78, 5) is 21.8. The lowest BCUT2D eigenvalue weighted by atomic mass is 9.94. The van der Waals surface area contributed by atoms with E-state index in [2.05, 4.69) is 14.9 Å². The highest BCUT2D eigenvalue weighted by molar-refractivity contribution is 6.32. The standard InChI is InChI=1S/C15H14BN3O2/c1-9-4-10(15(20)21)6-18-14(9)19-3-2-13-11(8-19)5-12(16)7-17-13/h4-7H,2-3,8H2,1H3,(H,20,21). The van der Waals surface area contributed by atoms with Crippen LogP contribution >= 0.6 is 0 Å². The average molecular weight is 279 g/mol. The molecule has 0 aromatic carbocycles. The van der Waals surface area contributed by atoms with Crippen LogP contribution in [0.25, 0.3) is 0 Å². The van der Waals surface area contributed by atoms with Crippen LogP contribution in [0.4, 0.5) is 5.82 Å². The van der Waals surface area contributed by atoms with Crippen molar-refractivity contribution in [1.29, 1.82) is 0 Å². The summed E-state index contributed by atoms with van der Waals surface area (Å²) in [6.45, 7) is 3.37. The van der Waals surface area contributed by atoms with Crippen molar-refractivity contribution in [3.05, 3.63) is 46.9 Å². The molecule has 0 fully saturated rings. The zero-order valence-electron chi connectivity index (χ0n) is 11.7. The third kappa shape index (κ3) is 2.61. The Morgan fingerprint density at radius 3 is 2.86 bits per heavy atom. The fourth-order valence-electron chi connectivity index (χ4n) is 2.64. The number of aryl methyl sites for hydroxylation is 1. The van der Waals surface area contributed by atoms with Gasteiger partial charge in [0.25, 0.3) is 0 Å². The number of pyridine rings is 2. The van der Waals surface area contributed by atoms with Crippen molar-refractivity contribution in [3.63, 3.8) is 0 Å². The van der Waals surface area contributed by atoms with Crippen molar-refractivity contribution in [3.8, 4) is 0 Å². The number of anilines is 1. The fraction of sp³-hybridized carbons (Fsp3) is 0.267. The molecule has 0 aliphatic carbocycles. The molecule has 2 aromatic rings. The maximum atomic E-state index is 11.0. The minimum absolute atomic E-state index is 0.208. The SMILES string of the molecule is [B]c1cnc2c(c1)CN(c1ncc(C(=O)O)cc1C)CC2. The van der Waals surface area contributed by atoms with E-state index in [1.165, 1.54) is 6.20 Å². The predicted octanol–water partition coefficient (Wildman–Crippen LogP) is 0.840. The number of fused-ring (bicyclic) bond motifs is 1. The van der Waals surface area contributed by atoms with Crippen LogP contribution in [0.15, 0.2) is 24.5 Å². The molecule has 1 N–H and O–H groups in total. The van der Waals surface area contributed by atoms with E-state index in [1.54, 1.807) is 12.3 Å². The highest BCUT2D eigenvalue weighted by atomic mass is 16.4. The number of carbonyl (C=O) groups is 1. The molecule has 104 valence electrons. The number of hydrogen-bond donors (Lipinski definition) is 1. The van der Waals surface area contributed by atoms with E-state index in [4.69, 9.17) is 13.0 Å². The highest BCUT2D eigenvalue weighted by Gasteiger charge is 2.20. The van der Waals surface area contributed by atoms with Gasteiger partial charge in [-0.25, -0.2) is 9.78 Å². The number of rotatable bonds is 2. The summed E-state index contributed by atoms with van der Waals surface area (Å²) in [7, 11) is 5.79. The van der Waals surface area contributed by atoms with Gasteiger partial charge < -0.3 is 10.0 Å². The van der Waals surface area contributed by atoms with Gasteiger partial charge in [0.05, 0.1) is 5.56 Å². The van der Waals surface area contributed by atoms with Crippen molar-refractivity contribution in [2.45, 2.75) is 19.9 Å². The normalized spacial score (nSPS) is 13.9. The number of carboxylic acids is 1. The van der Waals surface area contributed by atoms with Gasteiger partial charge in [-0.3, -0.25) is 4.98 Å². The molecule has 6 heteroatoms. The van der Waals surface area contributed by atoms with E-state index >= 15 is 0 Å². The smallest absolute Gasteiger partial charge is 0.337 e. The maximum absolute atomic E-state index is 11.0. The molecule has 3 heterocycles. The van der Waals surface area contributed by atoms with Gasteiger partial charge in [-0.05, 0) is 24.1 Å². The Morgan fingerprint density at radius 1 is 1.33 bits per heavy atom. The Hall–Kier alpha value is -2.37. The molecule has 3 rings (SSSR count). The summed E-state index contributed by atoms with van der Waals surface area (Å²) >= 11 is 0. The van der Waals surface area contributed by atoms with Gasteiger partial charge in [-0.1, -0.05) is 11.5 Å². The summed E-state index contributed by atoms with van der Waals surface area (Å²) in [5.41, 5.74) is 3.89. The molecule has 0 saturated carbocycles. The molecule has 21 heavy (non-hydrogen) atoms. The van der Waals surface area contributed by atoms with Crippen LogP contribution in [0.5, 0.6) is 0 Å². The van der Waals surface area contributed by atoms with E-state index in [0.717, 1.165) is 35.6 Å². The van der Waals surface area contributed by atoms with Gasteiger partial charge in [0, 0.05) is 37.6 Å². The minimum atomic E-state index is -0.960. The molecular weight excluding hydrogens is 265 g/mol. The average Bonchev–Trinajstić information content (AvgIpc) is 2.46. The number of carboxylic acid groups (broad SMARTS) is 1. The Morgan fingerprint density at radius 2 is 2.14 bits per heavy atom. The molecule has 0 bridgehead atoms. The molecule has 2 radical (unpaired) electrons. The van der Waals surface area contributed by atoms with Crippen LogP contribution in [0, 0.1) is 6.92 Å². The summed E-state index contributed by atoms with van der Waals surface area (Å²) in [5, 5.41) is 9.00. The van der Waals surface area contributed by atoms with Crippen molar-refractivity contribution in [2.24, 2.45) is 0 Å². The van der Waals surface area contributed by atoms with E-state index in [1.807, 2.05) is 13.0 Å². The number of hydrogen-bond acceptors (Lipinski definition) is 4. The zero-order chi connectivity index (χ0) is 15.0. The molecule has 1 aliphatic rings. The van der Waals surface area contributed by atoms with Crippen molar-refractivity contribution < 1.29 is 9.90 Å². The molecule has 0 spiro atoms. The largest absolute Gasteiger partial charge is 0.478 e.